The molecule has 1 amide bonds. The molecule has 1 aliphatic heterocycles. The van der Waals surface area contributed by atoms with Crippen molar-refractivity contribution in [2.45, 2.75) is 11.8 Å². The molecular weight excluding hydrogens is 518 g/mol. The second-order valence-corrected chi connectivity index (χ2v) is 10.2. The SMILES string of the molecule is Cc1ccc(S(=O)(=O)Oc2ccc(/C=C3/C(=O)N(c4ccc([N+](=O)[O-])cc4)N=C3c3ccccc3)cc2)cc1. The average Bonchev–Trinajstić information content (AvgIpc) is 3.26. The maximum atomic E-state index is 13.5. The lowest BCUT2D eigenvalue weighted by molar-refractivity contribution is -0.384. The Morgan fingerprint density at radius 2 is 1.51 bits per heavy atom. The molecule has 10 heteroatoms. The number of nitro benzene ring substituents is 1. The van der Waals surface area contributed by atoms with E-state index in [0.29, 0.717) is 28.1 Å². The third-order valence-electron chi connectivity index (χ3n) is 5.94. The lowest BCUT2D eigenvalue weighted by Gasteiger charge is -2.11. The summed E-state index contributed by atoms with van der Waals surface area (Å²) >= 11 is 0. The average molecular weight is 540 g/mol. The number of non-ortho nitro benzene ring substituents is 1. The molecule has 0 bridgehead atoms. The molecule has 0 aliphatic carbocycles. The molecule has 0 unspecified atom stereocenters. The zero-order valence-electron chi connectivity index (χ0n) is 20.6. The molecule has 0 saturated carbocycles. The molecule has 9 nitrogen and oxygen atoms in total. The number of aryl methyl sites for hydroxylation is 1. The number of benzene rings is 4. The molecule has 4 aromatic rings. The van der Waals surface area contributed by atoms with E-state index >= 15 is 0 Å². The fourth-order valence-electron chi connectivity index (χ4n) is 3.91. The van der Waals surface area contributed by atoms with Crippen LogP contribution in [0.5, 0.6) is 5.75 Å². The normalized spacial score (nSPS) is 14.4. The van der Waals surface area contributed by atoms with E-state index in [0.717, 1.165) is 5.56 Å². The van der Waals surface area contributed by atoms with Crippen LogP contribution in [0.1, 0.15) is 16.7 Å². The van der Waals surface area contributed by atoms with Gasteiger partial charge in [-0.1, -0.05) is 60.2 Å². The molecule has 0 fully saturated rings. The number of anilines is 1. The van der Waals surface area contributed by atoms with Crippen LogP contribution in [0.25, 0.3) is 6.08 Å². The van der Waals surface area contributed by atoms with Gasteiger partial charge in [-0.25, -0.2) is 0 Å². The Morgan fingerprint density at radius 3 is 2.13 bits per heavy atom. The summed E-state index contributed by atoms with van der Waals surface area (Å²) in [5.41, 5.74) is 3.28. The number of carbonyl (C=O) groups is 1. The molecule has 4 aromatic carbocycles. The van der Waals surface area contributed by atoms with Crippen molar-refractivity contribution in [3.05, 3.63) is 136 Å². The van der Waals surface area contributed by atoms with E-state index in [2.05, 4.69) is 5.10 Å². The predicted octanol–water partition coefficient (Wildman–Crippen LogP) is 5.51. The van der Waals surface area contributed by atoms with E-state index in [4.69, 9.17) is 4.18 Å². The highest BCUT2D eigenvalue weighted by atomic mass is 32.2. The summed E-state index contributed by atoms with van der Waals surface area (Å²) < 4.78 is 30.5. The van der Waals surface area contributed by atoms with Gasteiger partial charge in [0.15, 0.2) is 0 Å². The molecule has 0 aromatic heterocycles. The van der Waals surface area contributed by atoms with Crippen LogP contribution in [0.4, 0.5) is 11.4 Å². The number of hydrogen-bond acceptors (Lipinski definition) is 7. The van der Waals surface area contributed by atoms with Crippen LogP contribution >= 0.6 is 0 Å². The minimum absolute atomic E-state index is 0.0471. The van der Waals surface area contributed by atoms with E-state index in [9.17, 15) is 23.3 Å². The van der Waals surface area contributed by atoms with Gasteiger partial charge in [0.25, 0.3) is 11.6 Å². The molecular formula is C29H21N3O6S. The topological polar surface area (TPSA) is 119 Å². The number of hydrogen-bond donors (Lipinski definition) is 0. The molecule has 5 rings (SSSR count). The number of nitro groups is 1. The van der Waals surface area contributed by atoms with E-state index < -0.39 is 20.9 Å². The van der Waals surface area contributed by atoms with Gasteiger partial charge in [0.05, 0.1) is 16.2 Å². The standard InChI is InChI=1S/C29H21N3O6S/c1-20-7-17-26(18-8-20)39(36,37)38-25-15-9-21(10-16-25)19-27-28(22-5-3-2-4-6-22)30-31(29(27)33)23-11-13-24(14-12-23)32(34)35/h2-19H,1H3/b27-19+. The van der Waals surface area contributed by atoms with Crippen LogP contribution in [-0.2, 0) is 14.9 Å². The smallest absolute Gasteiger partial charge is 0.339 e. The van der Waals surface area contributed by atoms with Crippen LogP contribution in [0.15, 0.2) is 119 Å². The maximum absolute atomic E-state index is 13.5. The first-order chi connectivity index (χ1) is 18.7. The fourth-order valence-corrected chi connectivity index (χ4v) is 4.84. The molecule has 194 valence electrons. The van der Waals surface area contributed by atoms with Gasteiger partial charge in [-0.15, -0.1) is 0 Å². The zero-order chi connectivity index (χ0) is 27.6. The first kappa shape index (κ1) is 25.6. The Labute approximate surface area is 224 Å². The summed E-state index contributed by atoms with van der Waals surface area (Å²) in [6.07, 6.45) is 1.65. The van der Waals surface area contributed by atoms with Crippen molar-refractivity contribution in [2.75, 3.05) is 5.01 Å². The zero-order valence-corrected chi connectivity index (χ0v) is 21.4. The Balaban J connectivity index is 1.44. The van der Waals surface area contributed by atoms with Crippen molar-refractivity contribution in [3.63, 3.8) is 0 Å². The third-order valence-corrected chi connectivity index (χ3v) is 7.20. The van der Waals surface area contributed by atoms with Crippen molar-refractivity contribution in [3.8, 4) is 5.75 Å². The Hall–Kier alpha value is -5.09. The minimum Gasteiger partial charge on any atom is -0.379 e. The fraction of sp³-hybridized carbons (Fsp3) is 0.0345. The third kappa shape index (κ3) is 5.46. The molecule has 0 saturated heterocycles. The molecule has 0 N–H and O–H groups in total. The van der Waals surface area contributed by atoms with Gasteiger partial charge < -0.3 is 4.18 Å². The number of nitrogens with zero attached hydrogens (tertiary/aromatic N) is 3. The summed E-state index contributed by atoms with van der Waals surface area (Å²) in [7, 11) is -4.00. The van der Waals surface area contributed by atoms with Gasteiger partial charge in [-0.3, -0.25) is 14.9 Å². The van der Waals surface area contributed by atoms with E-state index in [1.807, 2.05) is 37.3 Å². The van der Waals surface area contributed by atoms with Gasteiger partial charge in [0, 0.05) is 17.7 Å². The number of carbonyl (C=O) groups excluding carboxylic acids is 1. The molecule has 0 radical (unpaired) electrons. The van der Waals surface area contributed by atoms with Gasteiger partial charge in [0.1, 0.15) is 16.4 Å². The highest BCUT2D eigenvalue weighted by Gasteiger charge is 2.32. The molecule has 1 aliphatic rings. The highest BCUT2D eigenvalue weighted by molar-refractivity contribution is 7.87. The second-order valence-electron chi connectivity index (χ2n) is 8.68. The first-order valence-electron chi connectivity index (χ1n) is 11.8. The first-order valence-corrected chi connectivity index (χ1v) is 13.2. The summed E-state index contributed by atoms with van der Waals surface area (Å²) in [6.45, 7) is 1.86. The summed E-state index contributed by atoms with van der Waals surface area (Å²) in [6, 6.07) is 27.3. The Morgan fingerprint density at radius 1 is 0.872 bits per heavy atom. The van der Waals surface area contributed by atoms with Crippen molar-refractivity contribution >= 4 is 39.2 Å². The van der Waals surface area contributed by atoms with Crippen LogP contribution in [0, 0.1) is 17.0 Å². The minimum atomic E-state index is -4.00. The quantitative estimate of drug-likeness (QED) is 0.132. The summed E-state index contributed by atoms with van der Waals surface area (Å²) in [4.78, 5) is 24.0. The van der Waals surface area contributed by atoms with Crippen molar-refractivity contribution in [1.29, 1.82) is 0 Å². The lowest BCUT2D eigenvalue weighted by Crippen LogP contribution is -2.21. The summed E-state index contributed by atoms with van der Waals surface area (Å²) in [5, 5.41) is 16.7. The largest absolute Gasteiger partial charge is 0.379 e. The van der Waals surface area contributed by atoms with E-state index in [1.54, 1.807) is 30.3 Å². The molecule has 0 spiro atoms. The molecule has 1 heterocycles. The monoisotopic (exact) mass is 539 g/mol. The number of rotatable bonds is 7. The van der Waals surface area contributed by atoms with Gasteiger partial charge in [-0.2, -0.15) is 18.5 Å². The number of hydrazone groups is 1. The molecule has 39 heavy (non-hydrogen) atoms. The van der Waals surface area contributed by atoms with Gasteiger partial charge in [0.2, 0.25) is 0 Å². The van der Waals surface area contributed by atoms with Crippen molar-refractivity contribution in [1.82, 2.24) is 0 Å². The van der Waals surface area contributed by atoms with E-state index in [-0.39, 0.29) is 16.3 Å². The van der Waals surface area contributed by atoms with E-state index in [1.165, 1.54) is 53.5 Å². The number of amides is 1. The lowest BCUT2D eigenvalue weighted by atomic mass is 10.0. The van der Waals surface area contributed by atoms with Crippen molar-refractivity contribution < 1.29 is 22.3 Å². The van der Waals surface area contributed by atoms with Crippen LogP contribution < -0.4 is 9.19 Å². The predicted molar refractivity (Wildman–Crippen MR) is 147 cm³/mol. The van der Waals surface area contributed by atoms with Gasteiger partial charge >= 0.3 is 10.1 Å². The summed E-state index contributed by atoms with van der Waals surface area (Å²) in [5.74, 6) is -0.287. The Bertz CT molecular complexity index is 1710. The van der Waals surface area contributed by atoms with Crippen LogP contribution in [0.3, 0.4) is 0 Å². The van der Waals surface area contributed by atoms with Crippen molar-refractivity contribution in [2.24, 2.45) is 5.10 Å². The van der Waals surface area contributed by atoms with Crippen LogP contribution in [0.2, 0.25) is 0 Å². The maximum Gasteiger partial charge on any atom is 0.339 e. The van der Waals surface area contributed by atoms with Crippen LogP contribution in [-0.4, -0.2) is 25.0 Å². The molecule has 0 atom stereocenters. The Kier molecular flexibility index (Phi) is 6.78. The van der Waals surface area contributed by atoms with Gasteiger partial charge in [-0.05, 0) is 55.0 Å². The second kappa shape index (κ2) is 10.3. The highest BCUT2D eigenvalue weighted by Crippen LogP contribution is 2.29.